The average Bonchev–Trinajstić information content (AvgIpc) is 2.49. The van der Waals surface area contributed by atoms with Gasteiger partial charge in [0.1, 0.15) is 5.75 Å². The number of hydrogen-bond donors (Lipinski definition) is 2. The predicted molar refractivity (Wildman–Crippen MR) is 77.6 cm³/mol. The van der Waals surface area contributed by atoms with E-state index in [1.165, 1.54) is 0 Å². The van der Waals surface area contributed by atoms with E-state index in [9.17, 15) is 15.0 Å². The average molecular weight is 271 g/mol. The molecule has 0 saturated heterocycles. The number of hydrogen-bond acceptors (Lipinski definition) is 3. The van der Waals surface area contributed by atoms with E-state index < -0.39 is 6.10 Å². The molecular formula is C16H17NO3. The zero-order valence-electron chi connectivity index (χ0n) is 11.6. The van der Waals surface area contributed by atoms with Crippen LogP contribution in [0.5, 0.6) is 5.75 Å². The molecule has 1 aliphatic carbocycles. The summed E-state index contributed by atoms with van der Waals surface area (Å²) in [6, 6.07) is 3.54. The van der Waals surface area contributed by atoms with Crippen molar-refractivity contribution in [3.05, 3.63) is 41.0 Å². The first-order valence-electron chi connectivity index (χ1n) is 6.66. The summed E-state index contributed by atoms with van der Waals surface area (Å²) in [4.78, 5) is 13.8. The Morgan fingerprint density at radius 2 is 2.10 bits per heavy atom. The van der Waals surface area contributed by atoms with Crippen LogP contribution in [0, 0.1) is 6.92 Å². The quantitative estimate of drug-likeness (QED) is 0.760. The molecular weight excluding hydrogens is 254 g/mol. The molecule has 2 aliphatic rings. The summed E-state index contributed by atoms with van der Waals surface area (Å²) in [5, 5.41) is 19.7. The molecule has 104 valence electrons. The Hall–Kier alpha value is -2.07. The molecule has 1 atom stereocenters. The molecule has 0 spiro atoms. The topological polar surface area (TPSA) is 60.8 Å². The molecule has 1 unspecified atom stereocenters. The maximum Gasteiger partial charge on any atom is 0.230 e. The lowest BCUT2D eigenvalue weighted by atomic mass is 9.89. The first kappa shape index (κ1) is 12.9. The number of aliphatic hydroxyl groups is 1. The summed E-state index contributed by atoms with van der Waals surface area (Å²) in [7, 11) is 1.72. The fraction of sp³-hybridized carbons (Fsp3) is 0.312. The maximum absolute atomic E-state index is 12.2. The van der Waals surface area contributed by atoms with Crippen LogP contribution in [0.2, 0.25) is 0 Å². The van der Waals surface area contributed by atoms with E-state index >= 15 is 0 Å². The zero-order valence-corrected chi connectivity index (χ0v) is 11.6. The van der Waals surface area contributed by atoms with Gasteiger partial charge in [-0.05, 0) is 30.5 Å². The number of aryl methyl sites for hydroxylation is 1. The van der Waals surface area contributed by atoms with Crippen LogP contribution in [-0.4, -0.2) is 29.3 Å². The number of nitrogens with zero attached hydrogens (tertiary/aromatic N) is 1. The number of benzene rings is 1. The number of fused-ring (bicyclic) bond motifs is 2. The van der Waals surface area contributed by atoms with Crippen LogP contribution in [0.4, 0.5) is 5.69 Å². The molecule has 20 heavy (non-hydrogen) atoms. The van der Waals surface area contributed by atoms with Crippen LogP contribution in [-0.2, 0) is 4.79 Å². The number of carbonyl (C=O) groups excluding carboxylic acids is 1. The standard InChI is InChI=1S/C16H17NO3/c1-9-5-13-12-4-3-11(18)6-10(12)7-16(20)17(2)14(13)8-15(9)19/h3-5,8,11,18-19H,6-7H2,1-2H3. The molecule has 0 bridgehead atoms. The Kier molecular flexibility index (Phi) is 2.91. The molecule has 0 saturated carbocycles. The molecule has 3 rings (SSSR count). The van der Waals surface area contributed by atoms with E-state index in [1.807, 2.05) is 19.1 Å². The van der Waals surface area contributed by atoms with E-state index in [2.05, 4.69) is 0 Å². The Bertz CT molecular complexity index is 658. The van der Waals surface area contributed by atoms with Gasteiger partial charge in [0.25, 0.3) is 0 Å². The molecule has 1 aromatic rings. The van der Waals surface area contributed by atoms with E-state index in [4.69, 9.17) is 0 Å². The number of phenols is 1. The van der Waals surface area contributed by atoms with Crippen molar-refractivity contribution in [2.24, 2.45) is 0 Å². The summed E-state index contributed by atoms with van der Waals surface area (Å²) in [5.41, 5.74) is 4.38. The summed E-state index contributed by atoms with van der Waals surface area (Å²) in [6.45, 7) is 1.84. The number of anilines is 1. The lowest BCUT2D eigenvalue weighted by Gasteiger charge is -2.20. The second-order valence-electron chi connectivity index (χ2n) is 5.43. The first-order valence-corrected chi connectivity index (χ1v) is 6.66. The van der Waals surface area contributed by atoms with Crippen molar-refractivity contribution in [2.45, 2.75) is 25.9 Å². The highest BCUT2D eigenvalue weighted by Gasteiger charge is 2.27. The third kappa shape index (κ3) is 1.93. The number of rotatable bonds is 0. The highest BCUT2D eigenvalue weighted by Crippen LogP contribution is 2.40. The fourth-order valence-corrected chi connectivity index (χ4v) is 2.82. The van der Waals surface area contributed by atoms with Gasteiger partial charge < -0.3 is 15.1 Å². The van der Waals surface area contributed by atoms with Gasteiger partial charge in [0.15, 0.2) is 0 Å². The van der Waals surface area contributed by atoms with Gasteiger partial charge in [-0.15, -0.1) is 0 Å². The van der Waals surface area contributed by atoms with Crippen LogP contribution >= 0.6 is 0 Å². The van der Waals surface area contributed by atoms with Gasteiger partial charge in [-0.2, -0.15) is 0 Å². The van der Waals surface area contributed by atoms with E-state index in [0.29, 0.717) is 18.5 Å². The van der Waals surface area contributed by atoms with Gasteiger partial charge in [-0.3, -0.25) is 4.79 Å². The molecule has 4 nitrogen and oxygen atoms in total. The second-order valence-corrected chi connectivity index (χ2v) is 5.43. The molecule has 2 N–H and O–H groups in total. The minimum Gasteiger partial charge on any atom is -0.508 e. The molecule has 1 aliphatic heterocycles. The highest BCUT2D eigenvalue weighted by molar-refractivity contribution is 6.03. The number of allylic oxidation sites excluding steroid dienone is 2. The lowest BCUT2D eigenvalue weighted by Crippen LogP contribution is -2.26. The van der Waals surface area contributed by atoms with Gasteiger partial charge in [-0.1, -0.05) is 17.7 Å². The van der Waals surface area contributed by atoms with E-state index in [1.54, 1.807) is 24.1 Å². The highest BCUT2D eigenvalue weighted by atomic mass is 16.3. The molecule has 1 amide bonds. The fourth-order valence-electron chi connectivity index (χ4n) is 2.82. The predicted octanol–water partition coefficient (Wildman–Crippen LogP) is 2.14. The van der Waals surface area contributed by atoms with Crippen molar-refractivity contribution in [2.75, 3.05) is 11.9 Å². The molecule has 0 aromatic heterocycles. The number of aliphatic hydroxyl groups excluding tert-OH is 1. The van der Waals surface area contributed by atoms with Gasteiger partial charge in [0.2, 0.25) is 5.91 Å². The number of aromatic hydroxyl groups is 1. The minimum absolute atomic E-state index is 0.0259. The molecule has 1 aromatic carbocycles. The van der Waals surface area contributed by atoms with Crippen LogP contribution in [0.15, 0.2) is 29.9 Å². The van der Waals surface area contributed by atoms with Gasteiger partial charge in [-0.25, -0.2) is 0 Å². The maximum atomic E-state index is 12.2. The Morgan fingerprint density at radius 1 is 1.35 bits per heavy atom. The summed E-state index contributed by atoms with van der Waals surface area (Å²) in [6.07, 6.45) is 3.91. The third-order valence-corrected chi connectivity index (χ3v) is 4.03. The smallest absolute Gasteiger partial charge is 0.230 e. The van der Waals surface area contributed by atoms with Crippen molar-refractivity contribution in [3.8, 4) is 5.75 Å². The SMILES string of the molecule is Cc1cc2c(cc1O)N(C)C(=O)CC1=C2C=CC(O)C1. The number of carbonyl (C=O) groups is 1. The van der Waals surface area contributed by atoms with Crippen molar-refractivity contribution < 1.29 is 15.0 Å². The lowest BCUT2D eigenvalue weighted by molar-refractivity contribution is -0.117. The number of amides is 1. The van der Waals surface area contributed by atoms with Crippen LogP contribution in [0.25, 0.3) is 5.57 Å². The zero-order chi connectivity index (χ0) is 14.4. The second kappa shape index (κ2) is 4.49. The third-order valence-electron chi connectivity index (χ3n) is 4.03. The molecule has 1 heterocycles. The van der Waals surface area contributed by atoms with E-state index in [-0.39, 0.29) is 11.7 Å². The van der Waals surface area contributed by atoms with Gasteiger partial charge in [0, 0.05) is 25.1 Å². The molecule has 0 fully saturated rings. The van der Waals surface area contributed by atoms with Crippen molar-refractivity contribution in [1.29, 1.82) is 0 Å². The Morgan fingerprint density at radius 3 is 2.85 bits per heavy atom. The van der Waals surface area contributed by atoms with Crippen LogP contribution < -0.4 is 4.90 Å². The van der Waals surface area contributed by atoms with Crippen LogP contribution in [0.1, 0.15) is 24.0 Å². The molecule has 4 heteroatoms. The molecule has 0 radical (unpaired) electrons. The minimum atomic E-state index is -0.522. The summed E-state index contributed by atoms with van der Waals surface area (Å²) in [5.74, 6) is 0.161. The normalized spacial score (nSPS) is 21.6. The summed E-state index contributed by atoms with van der Waals surface area (Å²) < 4.78 is 0. The van der Waals surface area contributed by atoms with Crippen molar-refractivity contribution in [1.82, 2.24) is 0 Å². The van der Waals surface area contributed by atoms with Gasteiger partial charge >= 0.3 is 0 Å². The largest absolute Gasteiger partial charge is 0.508 e. The number of phenolic OH excluding ortho intramolecular Hbond substituents is 1. The van der Waals surface area contributed by atoms with Gasteiger partial charge in [0.05, 0.1) is 11.8 Å². The van der Waals surface area contributed by atoms with Crippen molar-refractivity contribution >= 4 is 17.2 Å². The summed E-state index contributed by atoms with van der Waals surface area (Å²) >= 11 is 0. The van der Waals surface area contributed by atoms with Crippen LogP contribution in [0.3, 0.4) is 0 Å². The van der Waals surface area contributed by atoms with Crippen molar-refractivity contribution in [3.63, 3.8) is 0 Å². The Labute approximate surface area is 117 Å². The van der Waals surface area contributed by atoms with E-state index in [0.717, 1.165) is 22.3 Å². The monoisotopic (exact) mass is 271 g/mol. The Balaban J connectivity index is 2.25. The first-order chi connectivity index (χ1) is 9.47.